The number of para-hydroxylation sites is 1. The number of fused-ring (bicyclic) bond motifs is 1. The molecule has 0 aromatic heterocycles. The van der Waals surface area contributed by atoms with Crippen LogP contribution in [0.15, 0.2) is 46.9 Å². The highest BCUT2D eigenvalue weighted by molar-refractivity contribution is 9.10. The normalized spacial score (nSPS) is 18.7. The number of hydrogen-bond donors (Lipinski definition) is 1. The van der Waals surface area contributed by atoms with Crippen LogP contribution in [-0.4, -0.2) is 31.6 Å². The van der Waals surface area contributed by atoms with Gasteiger partial charge < -0.3 is 19.7 Å². The van der Waals surface area contributed by atoms with E-state index in [1.165, 1.54) is 0 Å². The predicted octanol–water partition coefficient (Wildman–Crippen LogP) is 3.21. The number of benzene rings is 2. The molecular weight excluding hydrogens is 400 g/mol. The lowest BCUT2D eigenvalue weighted by atomic mass is 10.1. The maximum absolute atomic E-state index is 12.7. The second-order valence-electron chi connectivity index (χ2n) is 6.21. The minimum atomic E-state index is -0.400. The number of anilines is 2. The van der Waals surface area contributed by atoms with Crippen molar-refractivity contribution in [2.45, 2.75) is 6.42 Å². The molecule has 2 aliphatic rings. The van der Waals surface area contributed by atoms with Crippen molar-refractivity contribution in [3.63, 3.8) is 0 Å². The lowest BCUT2D eigenvalue weighted by Crippen LogP contribution is -2.28. The second-order valence-corrected chi connectivity index (χ2v) is 7.06. The Morgan fingerprint density at radius 3 is 2.54 bits per heavy atom. The van der Waals surface area contributed by atoms with Gasteiger partial charge in [0.25, 0.3) is 0 Å². The van der Waals surface area contributed by atoms with Gasteiger partial charge in [0.15, 0.2) is 11.5 Å². The molecule has 0 spiro atoms. The third-order valence-corrected chi connectivity index (χ3v) is 5.11. The van der Waals surface area contributed by atoms with Crippen molar-refractivity contribution in [3.8, 4) is 11.5 Å². The van der Waals surface area contributed by atoms with E-state index in [-0.39, 0.29) is 18.2 Å². The molecule has 7 heteroatoms. The number of rotatable bonds is 3. The van der Waals surface area contributed by atoms with Gasteiger partial charge in [0.1, 0.15) is 13.2 Å². The summed E-state index contributed by atoms with van der Waals surface area (Å²) >= 11 is 3.45. The molecule has 4 rings (SSSR count). The Hall–Kier alpha value is -2.54. The molecule has 2 amide bonds. The number of carbonyl (C=O) groups is 2. The molecule has 1 unspecified atom stereocenters. The molecular formula is C19H17BrN2O4. The molecule has 134 valence electrons. The van der Waals surface area contributed by atoms with Crippen molar-refractivity contribution in [2.24, 2.45) is 5.92 Å². The summed E-state index contributed by atoms with van der Waals surface area (Å²) in [5.41, 5.74) is 1.41. The van der Waals surface area contributed by atoms with E-state index in [1.54, 1.807) is 17.0 Å². The molecule has 6 nitrogen and oxygen atoms in total. The largest absolute Gasteiger partial charge is 0.486 e. The van der Waals surface area contributed by atoms with E-state index >= 15 is 0 Å². The number of amides is 2. The molecule has 2 aromatic rings. The number of ether oxygens (including phenoxy) is 2. The fraction of sp³-hybridized carbons (Fsp3) is 0.263. The van der Waals surface area contributed by atoms with Crippen molar-refractivity contribution in [1.82, 2.24) is 0 Å². The first-order valence-electron chi connectivity index (χ1n) is 8.37. The van der Waals surface area contributed by atoms with Gasteiger partial charge in [-0.15, -0.1) is 0 Å². The quantitative estimate of drug-likeness (QED) is 0.833. The summed E-state index contributed by atoms with van der Waals surface area (Å²) in [5, 5.41) is 2.89. The van der Waals surface area contributed by atoms with Gasteiger partial charge in [-0.2, -0.15) is 0 Å². The van der Waals surface area contributed by atoms with Crippen LogP contribution in [0.2, 0.25) is 0 Å². The molecule has 1 saturated heterocycles. The zero-order valence-corrected chi connectivity index (χ0v) is 15.5. The van der Waals surface area contributed by atoms with Crippen LogP contribution in [0.4, 0.5) is 11.4 Å². The average Bonchev–Trinajstić information content (AvgIpc) is 3.05. The summed E-state index contributed by atoms with van der Waals surface area (Å²) < 4.78 is 11.8. The zero-order chi connectivity index (χ0) is 18.1. The van der Waals surface area contributed by atoms with Gasteiger partial charge in [0.2, 0.25) is 11.8 Å². The first-order valence-corrected chi connectivity index (χ1v) is 9.16. The van der Waals surface area contributed by atoms with Gasteiger partial charge in [0.05, 0.1) is 11.6 Å². The van der Waals surface area contributed by atoms with E-state index in [0.717, 1.165) is 5.69 Å². The highest BCUT2D eigenvalue weighted by Crippen LogP contribution is 2.38. The summed E-state index contributed by atoms with van der Waals surface area (Å²) in [7, 11) is 0. The smallest absolute Gasteiger partial charge is 0.229 e. The van der Waals surface area contributed by atoms with Crippen LogP contribution in [0, 0.1) is 5.92 Å². The van der Waals surface area contributed by atoms with E-state index in [4.69, 9.17) is 9.47 Å². The van der Waals surface area contributed by atoms with Gasteiger partial charge in [-0.1, -0.05) is 18.2 Å². The van der Waals surface area contributed by atoms with Crippen LogP contribution in [-0.2, 0) is 9.59 Å². The predicted molar refractivity (Wildman–Crippen MR) is 101 cm³/mol. The Balaban J connectivity index is 1.48. The van der Waals surface area contributed by atoms with E-state index in [1.807, 2.05) is 30.3 Å². The highest BCUT2D eigenvalue weighted by atomic mass is 79.9. The summed E-state index contributed by atoms with van der Waals surface area (Å²) in [6.07, 6.45) is 0.197. The first kappa shape index (κ1) is 16.9. The molecule has 2 heterocycles. The SMILES string of the molecule is O=C(Nc1cc2c(cc1Br)OCCO2)C1CC(=O)N(c2ccccc2)C1. The zero-order valence-electron chi connectivity index (χ0n) is 13.9. The summed E-state index contributed by atoms with van der Waals surface area (Å²) in [5.74, 6) is 0.616. The fourth-order valence-corrected chi connectivity index (χ4v) is 3.56. The second kappa shape index (κ2) is 6.99. The van der Waals surface area contributed by atoms with Crippen molar-refractivity contribution < 1.29 is 19.1 Å². The van der Waals surface area contributed by atoms with Crippen LogP contribution in [0.5, 0.6) is 11.5 Å². The average molecular weight is 417 g/mol. The topological polar surface area (TPSA) is 67.9 Å². The van der Waals surface area contributed by atoms with Gasteiger partial charge in [-0.05, 0) is 28.1 Å². The first-order chi connectivity index (χ1) is 12.6. The van der Waals surface area contributed by atoms with Gasteiger partial charge in [0, 0.05) is 35.3 Å². The van der Waals surface area contributed by atoms with Gasteiger partial charge in [-0.25, -0.2) is 0 Å². The molecule has 0 saturated carbocycles. The molecule has 0 bridgehead atoms. The summed E-state index contributed by atoms with van der Waals surface area (Å²) in [4.78, 5) is 26.6. The number of nitrogens with one attached hydrogen (secondary N) is 1. The molecule has 1 atom stereocenters. The molecule has 2 aromatic carbocycles. The fourth-order valence-electron chi connectivity index (χ4n) is 3.14. The molecule has 1 N–H and O–H groups in total. The Kier molecular flexibility index (Phi) is 4.55. The number of halogens is 1. The molecule has 2 aliphatic heterocycles. The lowest BCUT2D eigenvalue weighted by molar-refractivity contribution is -0.122. The molecule has 1 fully saturated rings. The minimum Gasteiger partial charge on any atom is -0.486 e. The maximum Gasteiger partial charge on any atom is 0.229 e. The summed E-state index contributed by atoms with van der Waals surface area (Å²) in [6.45, 7) is 1.35. The van der Waals surface area contributed by atoms with Crippen LogP contribution >= 0.6 is 15.9 Å². The van der Waals surface area contributed by atoms with Crippen molar-refractivity contribution in [3.05, 3.63) is 46.9 Å². The number of nitrogens with zero attached hydrogens (tertiary/aromatic N) is 1. The highest BCUT2D eigenvalue weighted by Gasteiger charge is 2.35. The van der Waals surface area contributed by atoms with E-state index in [0.29, 0.717) is 41.4 Å². The van der Waals surface area contributed by atoms with Crippen molar-refractivity contribution in [1.29, 1.82) is 0 Å². The Bertz CT molecular complexity index is 856. The summed E-state index contributed by atoms with van der Waals surface area (Å²) in [6, 6.07) is 12.9. The Morgan fingerprint density at radius 1 is 1.12 bits per heavy atom. The van der Waals surface area contributed by atoms with Crippen LogP contribution in [0.1, 0.15) is 6.42 Å². The van der Waals surface area contributed by atoms with Crippen LogP contribution in [0.25, 0.3) is 0 Å². The number of hydrogen-bond acceptors (Lipinski definition) is 4. The molecule has 0 aliphatic carbocycles. The minimum absolute atomic E-state index is 0.0439. The standard InChI is InChI=1S/C19H17BrN2O4/c20-14-9-16-17(26-7-6-25-16)10-15(14)21-19(24)12-8-18(23)22(11-12)13-4-2-1-3-5-13/h1-5,9-10,12H,6-8,11H2,(H,21,24). The van der Waals surface area contributed by atoms with Crippen LogP contribution in [0.3, 0.4) is 0 Å². The van der Waals surface area contributed by atoms with E-state index < -0.39 is 5.92 Å². The lowest BCUT2D eigenvalue weighted by Gasteiger charge is -2.20. The third kappa shape index (κ3) is 3.26. The maximum atomic E-state index is 12.7. The Labute approximate surface area is 159 Å². The van der Waals surface area contributed by atoms with Crippen molar-refractivity contribution >= 4 is 39.1 Å². The number of carbonyl (C=O) groups excluding carboxylic acids is 2. The van der Waals surface area contributed by atoms with Crippen molar-refractivity contribution in [2.75, 3.05) is 30.0 Å². The third-order valence-electron chi connectivity index (χ3n) is 4.45. The van der Waals surface area contributed by atoms with E-state index in [2.05, 4.69) is 21.2 Å². The van der Waals surface area contributed by atoms with Gasteiger partial charge >= 0.3 is 0 Å². The molecule has 0 radical (unpaired) electrons. The molecule has 26 heavy (non-hydrogen) atoms. The van der Waals surface area contributed by atoms with Gasteiger partial charge in [-0.3, -0.25) is 9.59 Å². The van der Waals surface area contributed by atoms with Crippen LogP contribution < -0.4 is 19.7 Å². The monoisotopic (exact) mass is 416 g/mol. The Morgan fingerprint density at radius 2 is 1.81 bits per heavy atom. The van der Waals surface area contributed by atoms with E-state index in [9.17, 15) is 9.59 Å².